The fourth-order valence-electron chi connectivity index (χ4n) is 1.73. The van der Waals surface area contributed by atoms with Crippen LogP contribution in [-0.2, 0) is 6.61 Å². The van der Waals surface area contributed by atoms with E-state index in [0.29, 0.717) is 21.3 Å². The summed E-state index contributed by atoms with van der Waals surface area (Å²) in [5.74, 6) is -0.175. The molecule has 0 spiro atoms. The molecule has 0 saturated heterocycles. The molecule has 0 radical (unpaired) electrons. The Hall–Kier alpha value is -1.99. The largest absolute Gasteiger partial charge is 0.488 e. The van der Waals surface area contributed by atoms with Gasteiger partial charge in [-0.1, -0.05) is 12.1 Å². The molecule has 4 nitrogen and oxygen atoms in total. The van der Waals surface area contributed by atoms with Crippen LogP contribution in [0.3, 0.4) is 0 Å². The van der Waals surface area contributed by atoms with Crippen LogP contribution in [0.25, 0.3) is 0 Å². The second kappa shape index (κ2) is 7.33. The first kappa shape index (κ1) is 16.4. The van der Waals surface area contributed by atoms with Crippen molar-refractivity contribution in [2.75, 3.05) is 0 Å². The number of rotatable bonds is 4. The van der Waals surface area contributed by atoms with Gasteiger partial charge in [0.25, 0.3) is 5.91 Å². The molecule has 0 unspecified atom stereocenters. The van der Waals surface area contributed by atoms with Crippen molar-refractivity contribution in [3.63, 3.8) is 0 Å². The number of nitrogens with one attached hydrogen (secondary N) is 1. The number of hydrogen-bond donors (Lipinski definition) is 2. The first-order valence-electron chi connectivity index (χ1n) is 6.23. The van der Waals surface area contributed by atoms with E-state index in [1.54, 1.807) is 30.3 Å². The van der Waals surface area contributed by atoms with Gasteiger partial charge >= 0.3 is 0 Å². The highest BCUT2D eigenvalue weighted by Crippen LogP contribution is 2.27. The van der Waals surface area contributed by atoms with Gasteiger partial charge in [-0.05, 0) is 64.0 Å². The third kappa shape index (κ3) is 4.51. The third-order valence-corrected chi connectivity index (χ3v) is 3.44. The van der Waals surface area contributed by atoms with Crippen molar-refractivity contribution in [1.82, 2.24) is 5.32 Å². The molecular weight excluding hydrogens is 371 g/mol. The highest BCUT2D eigenvalue weighted by Gasteiger charge is 2.10. The smallest absolute Gasteiger partial charge is 0.257 e. The van der Waals surface area contributed by atoms with Crippen LogP contribution < -0.4 is 15.8 Å². The molecule has 0 aliphatic heterocycles. The molecular formula is C15H12BrFN2O2S. The molecule has 0 atom stereocenters. The lowest BCUT2D eigenvalue weighted by atomic mass is 10.2. The molecule has 114 valence electrons. The van der Waals surface area contributed by atoms with E-state index in [2.05, 4.69) is 33.5 Å². The lowest BCUT2D eigenvalue weighted by molar-refractivity contribution is 0.0977. The van der Waals surface area contributed by atoms with Crippen LogP contribution in [0, 0.1) is 5.82 Å². The number of nitrogens with two attached hydrogens (primary N) is 1. The monoisotopic (exact) mass is 382 g/mol. The van der Waals surface area contributed by atoms with Gasteiger partial charge in [-0.2, -0.15) is 0 Å². The van der Waals surface area contributed by atoms with Gasteiger partial charge in [0.15, 0.2) is 5.11 Å². The molecule has 22 heavy (non-hydrogen) atoms. The summed E-state index contributed by atoms with van der Waals surface area (Å²) in [4.78, 5) is 11.8. The summed E-state index contributed by atoms with van der Waals surface area (Å²) in [6.07, 6.45) is 0. The number of halogens is 2. The number of thiocarbonyl (C=S) groups is 1. The number of hydrogen-bond acceptors (Lipinski definition) is 3. The maximum Gasteiger partial charge on any atom is 0.257 e. The van der Waals surface area contributed by atoms with E-state index < -0.39 is 5.91 Å². The van der Waals surface area contributed by atoms with Gasteiger partial charge in [0.05, 0.1) is 4.47 Å². The van der Waals surface area contributed by atoms with E-state index in [1.807, 2.05) is 0 Å². The molecule has 0 bridgehead atoms. The van der Waals surface area contributed by atoms with E-state index in [-0.39, 0.29) is 17.5 Å². The molecule has 0 saturated carbocycles. The highest BCUT2D eigenvalue weighted by atomic mass is 79.9. The highest BCUT2D eigenvalue weighted by molar-refractivity contribution is 9.10. The van der Waals surface area contributed by atoms with Gasteiger partial charge in [0.1, 0.15) is 18.2 Å². The van der Waals surface area contributed by atoms with E-state index in [0.717, 1.165) is 0 Å². The molecule has 7 heteroatoms. The first-order valence-corrected chi connectivity index (χ1v) is 7.43. The molecule has 2 rings (SSSR count). The Bertz CT molecular complexity index is 724. The molecule has 0 aliphatic rings. The maximum atomic E-state index is 13.1. The molecule has 0 fully saturated rings. The van der Waals surface area contributed by atoms with Gasteiger partial charge in [-0.3, -0.25) is 10.1 Å². The van der Waals surface area contributed by atoms with Crippen LogP contribution >= 0.6 is 28.1 Å². The maximum absolute atomic E-state index is 13.1. The Morgan fingerprint density at radius 1 is 1.32 bits per heavy atom. The zero-order valence-electron chi connectivity index (χ0n) is 11.3. The second-order valence-electron chi connectivity index (χ2n) is 4.38. The van der Waals surface area contributed by atoms with Crippen LogP contribution in [0.15, 0.2) is 46.9 Å². The quantitative estimate of drug-likeness (QED) is 0.797. The van der Waals surface area contributed by atoms with E-state index >= 15 is 0 Å². The van der Waals surface area contributed by atoms with Crippen molar-refractivity contribution in [3.05, 3.63) is 63.9 Å². The standard InChI is InChI=1S/C15H12BrFN2O2S/c16-12-7-10(14(20)19-15(18)22)4-5-13(12)21-8-9-2-1-3-11(17)6-9/h1-7H,8H2,(H3,18,19,20,22). The summed E-state index contributed by atoms with van der Waals surface area (Å²) in [6.45, 7) is 0.217. The van der Waals surface area contributed by atoms with Crippen molar-refractivity contribution in [2.45, 2.75) is 6.61 Å². The van der Waals surface area contributed by atoms with Crippen molar-refractivity contribution in [1.29, 1.82) is 0 Å². The topological polar surface area (TPSA) is 64.3 Å². The van der Waals surface area contributed by atoms with Gasteiger partial charge in [0.2, 0.25) is 0 Å². The minimum Gasteiger partial charge on any atom is -0.488 e. The lowest BCUT2D eigenvalue weighted by Gasteiger charge is -2.10. The molecule has 0 heterocycles. The van der Waals surface area contributed by atoms with Crippen LogP contribution in [0.1, 0.15) is 15.9 Å². The minimum atomic E-state index is -0.398. The average Bonchev–Trinajstić information content (AvgIpc) is 2.45. The molecule has 1 amide bonds. The van der Waals surface area contributed by atoms with Crippen molar-refractivity contribution >= 4 is 39.2 Å². The summed E-state index contributed by atoms with van der Waals surface area (Å²) >= 11 is 7.94. The fourth-order valence-corrected chi connectivity index (χ4v) is 2.32. The summed E-state index contributed by atoms with van der Waals surface area (Å²) < 4.78 is 19.3. The average molecular weight is 383 g/mol. The van der Waals surface area contributed by atoms with Crippen molar-refractivity contribution in [2.24, 2.45) is 5.73 Å². The van der Waals surface area contributed by atoms with Crippen molar-refractivity contribution < 1.29 is 13.9 Å². The minimum absolute atomic E-state index is 0.0902. The number of benzene rings is 2. The van der Waals surface area contributed by atoms with Crippen LogP contribution in [-0.4, -0.2) is 11.0 Å². The van der Waals surface area contributed by atoms with Crippen molar-refractivity contribution in [3.8, 4) is 5.75 Å². The zero-order chi connectivity index (χ0) is 16.1. The lowest BCUT2D eigenvalue weighted by Crippen LogP contribution is -2.34. The first-order chi connectivity index (χ1) is 10.5. The Kier molecular flexibility index (Phi) is 5.46. The summed E-state index contributed by atoms with van der Waals surface area (Å²) in [5.41, 5.74) is 6.35. The van der Waals surface area contributed by atoms with Crippen LogP contribution in [0.2, 0.25) is 0 Å². The normalized spacial score (nSPS) is 10.1. The Labute approximate surface area is 140 Å². The number of amides is 1. The van der Waals surface area contributed by atoms with E-state index in [4.69, 9.17) is 10.5 Å². The van der Waals surface area contributed by atoms with Gasteiger partial charge in [-0.25, -0.2) is 4.39 Å². The summed E-state index contributed by atoms with van der Waals surface area (Å²) in [6, 6.07) is 11.0. The predicted octanol–water partition coefficient (Wildman–Crippen LogP) is 3.14. The number of carbonyl (C=O) groups is 1. The molecule has 3 N–H and O–H groups in total. The summed E-state index contributed by atoms with van der Waals surface area (Å²) in [7, 11) is 0. The van der Waals surface area contributed by atoms with Gasteiger partial charge in [0, 0.05) is 5.56 Å². The molecule has 0 aliphatic carbocycles. The SMILES string of the molecule is NC(=S)NC(=O)c1ccc(OCc2cccc(F)c2)c(Br)c1. The van der Waals surface area contributed by atoms with Gasteiger partial charge in [-0.15, -0.1) is 0 Å². The van der Waals surface area contributed by atoms with E-state index in [1.165, 1.54) is 12.1 Å². The van der Waals surface area contributed by atoms with Crippen LogP contribution in [0.4, 0.5) is 4.39 Å². The fraction of sp³-hybridized carbons (Fsp3) is 0.0667. The number of ether oxygens (including phenoxy) is 1. The Balaban J connectivity index is 2.06. The predicted molar refractivity (Wildman–Crippen MR) is 89.1 cm³/mol. The molecule has 0 aromatic heterocycles. The molecule has 2 aromatic carbocycles. The van der Waals surface area contributed by atoms with Gasteiger partial charge < -0.3 is 10.5 Å². The summed E-state index contributed by atoms with van der Waals surface area (Å²) in [5, 5.41) is 2.25. The Morgan fingerprint density at radius 2 is 2.09 bits per heavy atom. The number of carbonyl (C=O) groups excluding carboxylic acids is 1. The van der Waals surface area contributed by atoms with Crippen LogP contribution in [0.5, 0.6) is 5.75 Å². The molecule has 2 aromatic rings. The Morgan fingerprint density at radius 3 is 2.73 bits per heavy atom. The zero-order valence-corrected chi connectivity index (χ0v) is 13.7. The van der Waals surface area contributed by atoms with E-state index in [9.17, 15) is 9.18 Å². The second-order valence-corrected chi connectivity index (χ2v) is 5.68. The third-order valence-electron chi connectivity index (χ3n) is 2.71.